The Morgan fingerprint density at radius 1 is 1.40 bits per heavy atom. The Bertz CT molecular complexity index is 298. The number of allylic oxidation sites excluding steroid dienone is 2. The van der Waals surface area contributed by atoms with E-state index in [1.54, 1.807) is 0 Å². The number of hydrogen-bond acceptors (Lipinski definition) is 1. The molecule has 0 unspecified atom stereocenters. The molecule has 0 radical (unpaired) electrons. The summed E-state index contributed by atoms with van der Waals surface area (Å²) in [7, 11) is 0. The van der Waals surface area contributed by atoms with Crippen LogP contribution in [0.25, 0.3) is 0 Å². The van der Waals surface area contributed by atoms with Crippen molar-refractivity contribution < 1.29 is 4.79 Å². The Labute approximate surface area is 92.9 Å². The van der Waals surface area contributed by atoms with Crippen LogP contribution in [0.2, 0.25) is 0 Å². The summed E-state index contributed by atoms with van der Waals surface area (Å²) in [5.41, 5.74) is 1.77. The van der Waals surface area contributed by atoms with Gasteiger partial charge in [-0.1, -0.05) is 25.5 Å². The second-order valence-corrected chi connectivity index (χ2v) is 6.01. The summed E-state index contributed by atoms with van der Waals surface area (Å²) in [5.74, 6) is 1.45. The standard InChI is InChI=1S/C14H22O/c1-10-6-7-12-11(9-10)13(15)5-4-8-14(12,2)3/h6,11-12H,4-5,7-9H2,1-3H3/t11-,12-/m1/s1. The number of carbonyl (C=O) groups is 1. The summed E-state index contributed by atoms with van der Waals surface area (Å²) in [4.78, 5) is 12.1. The first-order valence-electron chi connectivity index (χ1n) is 6.19. The first-order valence-corrected chi connectivity index (χ1v) is 6.19. The van der Waals surface area contributed by atoms with Crippen LogP contribution in [-0.2, 0) is 4.79 Å². The summed E-state index contributed by atoms with van der Waals surface area (Å²) >= 11 is 0. The fourth-order valence-corrected chi connectivity index (χ4v) is 3.36. The monoisotopic (exact) mass is 206 g/mol. The highest BCUT2D eigenvalue weighted by Crippen LogP contribution is 2.47. The maximum Gasteiger partial charge on any atom is 0.136 e. The van der Waals surface area contributed by atoms with Crippen molar-refractivity contribution in [1.82, 2.24) is 0 Å². The Morgan fingerprint density at radius 3 is 2.87 bits per heavy atom. The van der Waals surface area contributed by atoms with Gasteiger partial charge in [-0.2, -0.15) is 0 Å². The molecule has 2 rings (SSSR count). The molecule has 2 aliphatic carbocycles. The minimum absolute atomic E-state index is 0.326. The van der Waals surface area contributed by atoms with E-state index in [-0.39, 0.29) is 0 Å². The van der Waals surface area contributed by atoms with Crippen molar-refractivity contribution in [3.8, 4) is 0 Å². The lowest BCUT2D eigenvalue weighted by Crippen LogP contribution is -2.34. The van der Waals surface area contributed by atoms with Gasteiger partial charge >= 0.3 is 0 Å². The fourth-order valence-electron chi connectivity index (χ4n) is 3.36. The number of ketones is 1. The van der Waals surface area contributed by atoms with Crippen molar-refractivity contribution in [3.05, 3.63) is 11.6 Å². The van der Waals surface area contributed by atoms with Crippen molar-refractivity contribution in [2.75, 3.05) is 0 Å². The molecule has 1 heteroatoms. The Kier molecular flexibility index (Phi) is 2.74. The van der Waals surface area contributed by atoms with E-state index in [1.807, 2.05) is 0 Å². The van der Waals surface area contributed by atoms with Gasteiger partial charge < -0.3 is 0 Å². The predicted molar refractivity (Wildman–Crippen MR) is 62.6 cm³/mol. The molecular formula is C14H22O. The van der Waals surface area contributed by atoms with Crippen LogP contribution in [0, 0.1) is 17.3 Å². The zero-order valence-electron chi connectivity index (χ0n) is 10.2. The van der Waals surface area contributed by atoms with Crippen LogP contribution < -0.4 is 0 Å². The van der Waals surface area contributed by atoms with Gasteiger partial charge in [-0.25, -0.2) is 0 Å². The predicted octanol–water partition coefficient (Wildman–Crippen LogP) is 3.74. The van der Waals surface area contributed by atoms with E-state index < -0.39 is 0 Å². The summed E-state index contributed by atoms with van der Waals surface area (Å²) in [5, 5.41) is 0. The van der Waals surface area contributed by atoms with E-state index in [9.17, 15) is 4.79 Å². The lowest BCUT2D eigenvalue weighted by molar-refractivity contribution is -0.125. The zero-order valence-corrected chi connectivity index (χ0v) is 10.2. The van der Waals surface area contributed by atoms with Crippen LogP contribution >= 0.6 is 0 Å². The van der Waals surface area contributed by atoms with Gasteiger partial charge in [-0.15, -0.1) is 0 Å². The lowest BCUT2D eigenvalue weighted by Gasteiger charge is -2.39. The molecule has 1 nitrogen and oxygen atoms in total. The van der Waals surface area contributed by atoms with Crippen molar-refractivity contribution in [2.24, 2.45) is 17.3 Å². The summed E-state index contributed by atoms with van der Waals surface area (Å²) in [6, 6.07) is 0. The minimum Gasteiger partial charge on any atom is -0.299 e. The number of Topliss-reactive ketones (excluding diaryl/α,β-unsaturated/α-hetero) is 1. The van der Waals surface area contributed by atoms with Crippen molar-refractivity contribution in [2.45, 2.75) is 52.9 Å². The number of hydrogen-bond donors (Lipinski definition) is 0. The molecule has 0 spiro atoms. The highest BCUT2D eigenvalue weighted by atomic mass is 16.1. The van der Waals surface area contributed by atoms with Gasteiger partial charge in [0.05, 0.1) is 0 Å². The Hall–Kier alpha value is -0.590. The number of rotatable bonds is 0. The SMILES string of the molecule is CC1=CC[C@@H]2[C@@H](C1)C(=O)CCCC2(C)C. The maximum atomic E-state index is 12.1. The maximum absolute atomic E-state index is 12.1. The van der Waals surface area contributed by atoms with E-state index >= 15 is 0 Å². The average Bonchev–Trinajstić information content (AvgIpc) is 2.25. The second-order valence-electron chi connectivity index (χ2n) is 6.01. The second kappa shape index (κ2) is 3.77. The molecule has 84 valence electrons. The van der Waals surface area contributed by atoms with Crippen molar-refractivity contribution in [1.29, 1.82) is 0 Å². The Balaban J connectivity index is 2.29. The molecule has 0 heterocycles. The third-order valence-electron chi connectivity index (χ3n) is 4.41. The van der Waals surface area contributed by atoms with Crippen LogP contribution in [0.4, 0.5) is 0 Å². The summed E-state index contributed by atoms with van der Waals surface area (Å²) < 4.78 is 0. The van der Waals surface area contributed by atoms with Crippen LogP contribution in [0.3, 0.4) is 0 Å². The highest BCUT2D eigenvalue weighted by molar-refractivity contribution is 5.82. The molecule has 0 amide bonds. The van der Waals surface area contributed by atoms with Gasteiger partial charge in [0.1, 0.15) is 5.78 Å². The van der Waals surface area contributed by atoms with Gasteiger partial charge in [0.25, 0.3) is 0 Å². The van der Waals surface area contributed by atoms with Gasteiger partial charge in [0, 0.05) is 12.3 Å². The third-order valence-corrected chi connectivity index (χ3v) is 4.41. The molecular weight excluding hydrogens is 184 g/mol. The van der Waals surface area contributed by atoms with E-state index in [2.05, 4.69) is 26.8 Å². The molecule has 2 atom stereocenters. The molecule has 0 N–H and O–H groups in total. The lowest BCUT2D eigenvalue weighted by atomic mass is 9.65. The molecule has 1 saturated carbocycles. The summed E-state index contributed by atoms with van der Waals surface area (Å²) in [6.45, 7) is 6.86. The average molecular weight is 206 g/mol. The molecule has 0 aromatic heterocycles. The van der Waals surface area contributed by atoms with Crippen LogP contribution in [0.5, 0.6) is 0 Å². The smallest absolute Gasteiger partial charge is 0.136 e. The van der Waals surface area contributed by atoms with Crippen LogP contribution in [0.15, 0.2) is 11.6 Å². The largest absolute Gasteiger partial charge is 0.299 e. The molecule has 15 heavy (non-hydrogen) atoms. The van der Waals surface area contributed by atoms with Gasteiger partial charge in [-0.3, -0.25) is 4.79 Å². The number of fused-ring (bicyclic) bond motifs is 1. The Morgan fingerprint density at radius 2 is 2.13 bits per heavy atom. The van der Waals surface area contributed by atoms with Gasteiger partial charge in [0.2, 0.25) is 0 Å². The first-order chi connectivity index (χ1) is 7.00. The molecule has 0 aliphatic heterocycles. The molecule has 0 saturated heterocycles. The first kappa shape index (κ1) is 10.9. The van der Waals surface area contributed by atoms with Gasteiger partial charge in [0.15, 0.2) is 0 Å². The van der Waals surface area contributed by atoms with Crippen LogP contribution in [0.1, 0.15) is 52.9 Å². The molecule has 0 aromatic rings. The molecule has 0 aromatic carbocycles. The van der Waals surface area contributed by atoms with E-state index in [1.165, 1.54) is 12.0 Å². The minimum atomic E-state index is 0.326. The normalized spacial score (nSPS) is 35.4. The van der Waals surface area contributed by atoms with E-state index in [0.717, 1.165) is 25.7 Å². The molecule has 1 fully saturated rings. The molecule has 0 bridgehead atoms. The topological polar surface area (TPSA) is 17.1 Å². The van der Waals surface area contributed by atoms with E-state index in [0.29, 0.717) is 23.0 Å². The quantitative estimate of drug-likeness (QED) is 0.552. The molecule has 2 aliphatic rings. The summed E-state index contributed by atoms with van der Waals surface area (Å²) in [6.07, 6.45) is 7.62. The zero-order chi connectivity index (χ0) is 11.1. The van der Waals surface area contributed by atoms with Gasteiger partial charge in [-0.05, 0) is 43.9 Å². The van der Waals surface area contributed by atoms with Crippen LogP contribution in [-0.4, -0.2) is 5.78 Å². The fraction of sp³-hybridized carbons (Fsp3) is 0.786. The van der Waals surface area contributed by atoms with Crippen molar-refractivity contribution >= 4 is 5.78 Å². The van der Waals surface area contributed by atoms with E-state index in [4.69, 9.17) is 0 Å². The highest BCUT2D eigenvalue weighted by Gasteiger charge is 2.41. The van der Waals surface area contributed by atoms with Crippen molar-refractivity contribution in [3.63, 3.8) is 0 Å². The third kappa shape index (κ3) is 2.02. The number of carbonyl (C=O) groups excluding carboxylic acids is 1.